The zero-order valence-corrected chi connectivity index (χ0v) is 22.3. The van der Waals surface area contributed by atoms with Gasteiger partial charge < -0.3 is 24.3 Å². The molecule has 0 radical (unpaired) electrons. The molecular weight excluding hydrogens is 529 g/mol. The Labute approximate surface area is 236 Å². The minimum Gasteiger partial charge on any atom is -0.494 e. The molecule has 0 aliphatic carbocycles. The van der Waals surface area contributed by atoms with E-state index in [1.165, 1.54) is 22.9 Å². The molecule has 1 heterocycles. The summed E-state index contributed by atoms with van der Waals surface area (Å²) in [4.78, 5) is 35.1. The lowest BCUT2D eigenvalue weighted by Crippen LogP contribution is -2.08. The third kappa shape index (κ3) is 8.04. The largest absolute Gasteiger partial charge is 0.494 e. The van der Waals surface area contributed by atoms with Crippen LogP contribution in [0.2, 0.25) is 0 Å². The number of hydrogen-bond acceptors (Lipinski definition) is 5. The minimum absolute atomic E-state index is 0.0262. The number of carboxylic acid groups (broad SMARTS) is 2. The van der Waals surface area contributed by atoms with Gasteiger partial charge in [0.1, 0.15) is 23.9 Å². The molecule has 0 unspecified atom stereocenters. The van der Waals surface area contributed by atoms with Crippen LogP contribution in [0.1, 0.15) is 47.2 Å². The Bertz CT molecular complexity index is 1540. The summed E-state index contributed by atoms with van der Waals surface area (Å²) in [5, 5.41) is 18.3. The van der Waals surface area contributed by atoms with Crippen LogP contribution in [0.15, 0.2) is 72.9 Å². The van der Waals surface area contributed by atoms with E-state index < -0.39 is 36.5 Å². The molecule has 1 aromatic heterocycles. The highest BCUT2D eigenvalue weighted by atomic mass is 19.1. The molecular formula is C32H30FNO7. The fourth-order valence-corrected chi connectivity index (χ4v) is 4.37. The van der Waals surface area contributed by atoms with Gasteiger partial charge in [-0.05, 0) is 60.4 Å². The number of fused-ring (bicyclic) bond motifs is 1. The smallest absolute Gasteiger partial charge is 0.323 e. The zero-order valence-electron chi connectivity index (χ0n) is 22.3. The Morgan fingerprint density at radius 2 is 1.44 bits per heavy atom. The normalized spacial score (nSPS) is 11.1. The van der Waals surface area contributed by atoms with Crippen LogP contribution in [0, 0.1) is 5.82 Å². The predicted octanol–water partition coefficient (Wildman–Crippen LogP) is 6.32. The summed E-state index contributed by atoms with van der Waals surface area (Å²) in [7, 11) is 0. The number of Topliss-reactive ketones (excluding diaryl/α,β-unsaturated/α-hetero) is 1. The molecule has 4 rings (SSSR count). The molecule has 4 aromatic rings. The van der Waals surface area contributed by atoms with Crippen LogP contribution < -0.4 is 9.47 Å². The fraction of sp³-hybridized carbons (Fsp3) is 0.219. The summed E-state index contributed by atoms with van der Waals surface area (Å²) < 4.78 is 27.7. The van der Waals surface area contributed by atoms with E-state index in [1.807, 2.05) is 54.6 Å². The number of benzene rings is 3. The van der Waals surface area contributed by atoms with Crippen LogP contribution in [0.5, 0.6) is 11.5 Å². The lowest BCUT2D eigenvalue weighted by Gasteiger charge is -2.08. The van der Waals surface area contributed by atoms with Gasteiger partial charge in [-0.1, -0.05) is 42.5 Å². The molecule has 0 amide bonds. The van der Waals surface area contributed by atoms with Gasteiger partial charge in [-0.15, -0.1) is 0 Å². The third-order valence-corrected chi connectivity index (χ3v) is 6.33. The van der Waals surface area contributed by atoms with Gasteiger partial charge >= 0.3 is 11.9 Å². The van der Waals surface area contributed by atoms with Gasteiger partial charge in [-0.25, -0.2) is 4.39 Å². The number of halogens is 1. The molecule has 0 aliphatic rings. The maximum atomic E-state index is 14.9. The highest BCUT2D eigenvalue weighted by molar-refractivity contribution is 6.10. The van der Waals surface area contributed by atoms with Crippen molar-refractivity contribution in [3.05, 3.63) is 95.4 Å². The average molecular weight is 560 g/mol. The molecule has 0 atom stereocenters. The number of para-hydroxylation sites is 1. The van der Waals surface area contributed by atoms with E-state index in [9.17, 15) is 23.9 Å². The highest BCUT2D eigenvalue weighted by Gasteiger charge is 2.21. The number of unbranched alkanes of at least 4 members (excludes halogenated alkanes) is 1. The van der Waals surface area contributed by atoms with Crippen molar-refractivity contribution < 1.29 is 38.5 Å². The molecule has 212 valence electrons. The van der Waals surface area contributed by atoms with Crippen LogP contribution in [-0.2, 0) is 16.1 Å². The first-order valence-corrected chi connectivity index (χ1v) is 13.2. The maximum absolute atomic E-state index is 14.9. The van der Waals surface area contributed by atoms with E-state index >= 15 is 0 Å². The van der Waals surface area contributed by atoms with Gasteiger partial charge in [0.25, 0.3) is 0 Å². The Hall–Kier alpha value is -4.92. The molecule has 0 aliphatic heterocycles. The molecule has 9 heteroatoms. The number of aromatic nitrogens is 1. The first-order valence-electron chi connectivity index (χ1n) is 13.2. The predicted molar refractivity (Wildman–Crippen MR) is 153 cm³/mol. The Kier molecular flexibility index (Phi) is 9.88. The van der Waals surface area contributed by atoms with Gasteiger partial charge in [0.2, 0.25) is 0 Å². The molecule has 0 fully saturated rings. The SMILES string of the molecule is O=C(O)CCC(=O)c1cn(CC(=O)O)c2c(/C=C/c3ccc(OCCCCOc4ccccc4)cc3)ccc(F)c12. The van der Waals surface area contributed by atoms with Crippen molar-refractivity contribution in [3.63, 3.8) is 0 Å². The van der Waals surface area contributed by atoms with Crippen molar-refractivity contribution in [2.45, 2.75) is 32.2 Å². The number of hydrogen-bond donors (Lipinski definition) is 2. The van der Waals surface area contributed by atoms with Crippen molar-refractivity contribution in [1.82, 2.24) is 4.57 Å². The summed E-state index contributed by atoms with van der Waals surface area (Å²) in [6.07, 6.45) is 5.76. The van der Waals surface area contributed by atoms with E-state index in [2.05, 4.69) is 0 Å². The second kappa shape index (κ2) is 13.9. The monoisotopic (exact) mass is 559 g/mol. The molecule has 2 N–H and O–H groups in total. The van der Waals surface area contributed by atoms with Crippen molar-refractivity contribution in [1.29, 1.82) is 0 Å². The van der Waals surface area contributed by atoms with Gasteiger partial charge in [-0.3, -0.25) is 14.4 Å². The van der Waals surface area contributed by atoms with Gasteiger partial charge in [0.05, 0.1) is 25.2 Å². The number of nitrogens with zero attached hydrogens (tertiary/aromatic N) is 1. The van der Waals surface area contributed by atoms with Gasteiger partial charge in [0, 0.05) is 23.6 Å². The third-order valence-electron chi connectivity index (χ3n) is 6.33. The minimum atomic E-state index is -1.16. The maximum Gasteiger partial charge on any atom is 0.323 e. The molecule has 41 heavy (non-hydrogen) atoms. The number of aliphatic carboxylic acids is 2. The van der Waals surface area contributed by atoms with Crippen molar-refractivity contribution in [3.8, 4) is 11.5 Å². The Morgan fingerprint density at radius 1 is 0.780 bits per heavy atom. The summed E-state index contributed by atoms with van der Waals surface area (Å²) in [6.45, 7) is 0.675. The van der Waals surface area contributed by atoms with E-state index in [4.69, 9.17) is 14.6 Å². The number of ketones is 1. The summed E-state index contributed by atoms with van der Waals surface area (Å²) in [6, 6.07) is 19.8. The molecule has 0 bridgehead atoms. The topological polar surface area (TPSA) is 115 Å². The fourth-order valence-electron chi connectivity index (χ4n) is 4.37. The second-order valence-corrected chi connectivity index (χ2v) is 9.36. The van der Waals surface area contributed by atoms with Crippen LogP contribution in [0.3, 0.4) is 0 Å². The molecule has 3 aromatic carbocycles. The average Bonchev–Trinajstić information content (AvgIpc) is 3.34. The Balaban J connectivity index is 1.42. The number of carbonyl (C=O) groups is 3. The van der Waals surface area contributed by atoms with E-state index in [0.717, 1.165) is 29.9 Å². The quantitative estimate of drug-likeness (QED) is 0.0995. The lowest BCUT2D eigenvalue weighted by molar-refractivity contribution is -0.138. The van der Waals surface area contributed by atoms with Gasteiger partial charge in [-0.2, -0.15) is 0 Å². The van der Waals surface area contributed by atoms with Crippen molar-refractivity contribution in [2.24, 2.45) is 0 Å². The van der Waals surface area contributed by atoms with Gasteiger partial charge in [0.15, 0.2) is 5.78 Å². The first-order chi connectivity index (χ1) is 19.8. The standard InChI is InChI=1S/C32H30FNO7/c33-27-15-12-23(32-31(27)26(20-34(32)21-30(38)39)28(35)16-17-29(36)37)11-8-22-9-13-25(14-10-22)41-19-5-4-18-40-24-6-2-1-3-7-24/h1-3,6-15,20H,4-5,16-19,21H2,(H,36,37)(H,38,39)/b11-8+. The first kappa shape index (κ1) is 29.1. The van der Waals surface area contributed by atoms with Crippen LogP contribution >= 0.6 is 0 Å². The summed E-state index contributed by atoms with van der Waals surface area (Å²) >= 11 is 0. The highest BCUT2D eigenvalue weighted by Crippen LogP contribution is 2.30. The molecule has 0 spiro atoms. The summed E-state index contributed by atoms with van der Waals surface area (Å²) in [5.41, 5.74) is 1.56. The molecule has 8 nitrogen and oxygen atoms in total. The lowest BCUT2D eigenvalue weighted by atomic mass is 10.0. The van der Waals surface area contributed by atoms with E-state index in [-0.39, 0.29) is 22.9 Å². The number of ether oxygens (including phenoxy) is 2. The number of rotatable bonds is 15. The zero-order chi connectivity index (χ0) is 29.2. The van der Waals surface area contributed by atoms with Crippen LogP contribution in [0.4, 0.5) is 4.39 Å². The van der Waals surface area contributed by atoms with Crippen molar-refractivity contribution in [2.75, 3.05) is 13.2 Å². The molecule has 0 saturated heterocycles. The second-order valence-electron chi connectivity index (χ2n) is 9.36. The summed E-state index contributed by atoms with van der Waals surface area (Å²) in [5.74, 6) is -2.01. The van der Waals surface area contributed by atoms with E-state index in [0.29, 0.717) is 18.8 Å². The molecule has 0 saturated carbocycles. The van der Waals surface area contributed by atoms with E-state index in [1.54, 1.807) is 12.2 Å². The number of carbonyl (C=O) groups excluding carboxylic acids is 1. The Morgan fingerprint density at radius 3 is 2.07 bits per heavy atom. The van der Waals surface area contributed by atoms with Crippen LogP contribution in [0.25, 0.3) is 23.1 Å². The number of carboxylic acids is 2. The van der Waals surface area contributed by atoms with Crippen LogP contribution in [-0.4, -0.2) is 45.7 Å². The van der Waals surface area contributed by atoms with Crippen molar-refractivity contribution >= 4 is 40.8 Å².